The molecule has 0 unspecified atom stereocenters. The molecule has 1 aliphatic rings. The number of carbonyl (C=O) groups excluding carboxylic acids is 2. The summed E-state index contributed by atoms with van der Waals surface area (Å²) in [6, 6.07) is 7.42. The molecular weight excluding hydrogens is 331 g/mol. The van der Waals surface area contributed by atoms with Gasteiger partial charge < -0.3 is 10.2 Å². The largest absolute Gasteiger partial charge is 0.354 e. The third-order valence-electron chi connectivity index (χ3n) is 2.62. The van der Waals surface area contributed by atoms with Crippen LogP contribution in [0.15, 0.2) is 24.3 Å². The van der Waals surface area contributed by atoms with Crippen molar-refractivity contribution in [2.75, 3.05) is 19.6 Å². The van der Waals surface area contributed by atoms with Gasteiger partial charge in [-0.1, -0.05) is 6.07 Å². The number of nitrogens with zero attached hydrogens (tertiary/aromatic N) is 1. The van der Waals surface area contributed by atoms with Crippen molar-refractivity contribution < 1.29 is 9.59 Å². The van der Waals surface area contributed by atoms with Gasteiger partial charge in [-0.25, -0.2) is 0 Å². The van der Waals surface area contributed by atoms with Crippen molar-refractivity contribution in [3.63, 3.8) is 0 Å². The lowest BCUT2D eigenvalue weighted by Gasteiger charge is -2.19. The second-order valence-electron chi connectivity index (χ2n) is 3.94. The SMILES string of the molecule is O=C1CN(C(=O)c2cccc(I)c2)CCCN1. The number of halogens is 1. The first kappa shape index (κ1) is 12.3. The van der Waals surface area contributed by atoms with E-state index in [0.29, 0.717) is 18.7 Å². The lowest BCUT2D eigenvalue weighted by molar-refractivity contribution is -0.121. The molecule has 1 aliphatic heterocycles. The summed E-state index contributed by atoms with van der Waals surface area (Å²) in [5.41, 5.74) is 0.645. The second kappa shape index (κ2) is 5.48. The number of amides is 2. The molecule has 0 aromatic heterocycles. The standard InChI is InChI=1S/C12H13IN2O2/c13-10-4-1-3-9(7-10)12(17)15-6-2-5-14-11(16)8-15/h1,3-4,7H,2,5-6,8H2,(H,14,16). The number of benzene rings is 1. The minimum atomic E-state index is -0.0820. The first-order valence-corrected chi connectivity index (χ1v) is 6.56. The van der Waals surface area contributed by atoms with Crippen molar-refractivity contribution in [1.29, 1.82) is 0 Å². The van der Waals surface area contributed by atoms with E-state index < -0.39 is 0 Å². The fourth-order valence-corrected chi connectivity index (χ4v) is 2.33. The molecule has 0 atom stereocenters. The number of hydrogen-bond acceptors (Lipinski definition) is 2. The summed E-state index contributed by atoms with van der Waals surface area (Å²) in [5.74, 6) is -0.151. The maximum absolute atomic E-state index is 12.2. The average Bonchev–Trinajstić information content (AvgIpc) is 2.53. The Morgan fingerprint density at radius 2 is 2.24 bits per heavy atom. The van der Waals surface area contributed by atoms with Crippen molar-refractivity contribution in [2.45, 2.75) is 6.42 Å². The molecule has 0 spiro atoms. The molecule has 0 saturated carbocycles. The molecule has 0 bridgehead atoms. The van der Waals surface area contributed by atoms with Crippen LogP contribution in [0.3, 0.4) is 0 Å². The van der Waals surface area contributed by atoms with Gasteiger partial charge in [-0.3, -0.25) is 9.59 Å². The number of nitrogens with one attached hydrogen (secondary N) is 1. The van der Waals surface area contributed by atoms with E-state index in [2.05, 4.69) is 27.9 Å². The summed E-state index contributed by atoms with van der Waals surface area (Å²) in [5, 5.41) is 2.76. The molecule has 1 aromatic carbocycles. The Hall–Kier alpha value is -1.11. The van der Waals surface area contributed by atoms with Crippen LogP contribution in [0.25, 0.3) is 0 Å². The number of carbonyl (C=O) groups is 2. The van der Waals surface area contributed by atoms with Crippen molar-refractivity contribution in [3.05, 3.63) is 33.4 Å². The highest BCUT2D eigenvalue weighted by Crippen LogP contribution is 2.11. The van der Waals surface area contributed by atoms with E-state index in [1.807, 2.05) is 18.2 Å². The highest BCUT2D eigenvalue weighted by atomic mass is 127. The van der Waals surface area contributed by atoms with E-state index in [9.17, 15) is 9.59 Å². The average molecular weight is 344 g/mol. The quantitative estimate of drug-likeness (QED) is 0.780. The van der Waals surface area contributed by atoms with Crippen molar-refractivity contribution >= 4 is 34.4 Å². The maximum atomic E-state index is 12.2. The predicted molar refractivity (Wildman–Crippen MR) is 72.7 cm³/mol. The first-order valence-electron chi connectivity index (χ1n) is 5.48. The Morgan fingerprint density at radius 1 is 1.41 bits per heavy atom. The molecule has 1 heterocycles. The molecule has 17 heavy (non-hydrogen) atoms. The van der Waals surface area contributed by atoms with E-state index in [0.717, 1.165) is 9.99 Å². The van der Waals surface area contributed by atoms with E-state index in [1.165, 1.54) is 0 Å². The van der Waals surface area contributed by atoms with Gasteiger partial charge in [-0.15, -0.1) is 0 Å². The van der Waals surface area contributed by atoms with E-state index in [1.54, 1.807) is 11.0 Å². The normalized spacial score (nSPS) is 16.3. The number of rotatable bonds is 1. The molecule has 90 valence electrons. The molecule has 5 heteroatoms. The summed E-state index contributed by atoms with van der Waals surface area (Å²) in [7, 11) is 0. The first-order chi connectivity index (χ1) is 8.16. The zero-order chi connectivity index (χ0) is 12.3. The summed E-state index contributed by atoms with van der Waals surface area (Å²) < 4.78 is 1.02. The predicted octanol–water partition coefficient (Wildman–Crippen LogP) is 1.25. The monoisotopic (exact) mass is 344 g/mol. The van der Waals surface area contributed by atoms with Gasteiger partial charge in [0, 0.05) is 22.2 Å². The molecule has 2 amide bonds. The van der Waals surface area contributed by atoms with Crippen LogP contribution in [-0.2, 0) is 4.79 Å². The molecular formula is C12H13IN2O2. The number of hydrogen-bond donors (Lipinski definition) is 1. The summed E-state index contributed by atoms with van der Waals surface area (Å²) >= 11 is 2.17. The molecule has 1 saturated heterocycles. The lowest BCUT2D eigenvalue weighted by atomic mass is 10.2. The van der Waals surface area contributed by atoms with Crippen molar-refractivity contribution in [2.24, 2.45) is 0 Å². The second-order valence-corrected chi connectivity index (χ2v) is 5.19. The van der Waals surface area contributed by atoms with Crippen LogP contribution in [0.5, 0.6) is 0 Å². The fourth-order valence-electron chi connectivity index (χ4n) is 1.78. The van der Waals surface area contributed by atoms with Crippen LogP contribution in [0.2, 0.25) is 0 Å². The highest BCUT2D eigenvalue weighted by molar-refractivity contribution is 14.1. The van der Waals surface area contributed by atoms with Crippen molar-refractivity contribution in [3.8, 4) is 0 Å². The van der Waals surface area contributed by atoms with Gasteiger partial charge >= 0.3 is 0 Å². The van der Waals surface area contributed by atoms with Gasteiger partial charge in [0.15, 0.2) is 0 Å². The van der Waals surface area contributed by atoms with E-state index >= 15 is 0 Å². The smallest absolute Gasteiger partial charge is 0.254 e. The fraction of sp³-hybridized carbons (Fsp3) is 0.333. The molecule has 1 fully saturated rings. The Kier molecular flexibility index (Phi) is 3.98. The minimum absolute atomic E-state index is 0.0689. The van der Waals surface area contributed by atoms with Crippen LogP contribution >= 0.6 is 22.6 Å². The maximum Gasteiger partial charge on any atom is 0.254 e. The summed E-state index contributed by atoms with van der Waals surface area (Å²) in [6.07, 6.45) is 0.807. The highest BCUT2D eigenvalue weighted by Gasteiger charge is 2.20. The Bertz CT molecular complexity index is 448. The van der Waals surface area contributed by atoms with Gasteiger partial charge in [-0.05, 0) is 47.2 Å². The van der Waals surface area contributed by atoms with Crippen LogP contribution in [0, 0.1) is 3.57 Å². The summed E-state index contributed by atoms with van der Waals surface area (Å²) in [6.45, 7) is 1.43. The van der Waals surface area contributed by atoms with Crippen molar-refractivity contribution in [1.82, 2.24) is 10.2 Å². The Labute approximate surface area is 114 Å². The molecule has 0 radical (unpaired) electrons. The van der Waals surface area contributed by atoms with E-state index in [-0.39, 0.29) is 18.4 Å². The van der Waals surface area contributed by atoms with Crippen LogP contribution in [0.1, 0.15) is 16.8 Å². The van der Waals surface area contributed by atoms with Crippen LogP contribution in [0.4, 0.5) is 0 Å². The van der Waals surface area contributed by atoms with Gasteiger partial charge in [0.25, 0.3) is 5.91 Å². The van der Waals surface area contributed by atoms with Crippen LogP contribution < -0.4 is 5.32 Å². The lowest BCUT2D eigenvalue weighted by Crippen LogP contribution is -2.37. The minimum Gasteiger partial charge on any atom is -0.354 e. The molecule has 4 nitrogen and oxygen atoms in total. The Morgan fingerprint density at radius 3 is 3.00 bits per heavy atom. The molecule has 2 rings (SSSR count). The zero-order valence-electron chi connectivity index (χ0n) is 9.28. The molecule has 0 aliphatic carbocycles. The van der Waals surface area contributed by atoms with Crippen LogP contribution in [-0.4, -0.2) is 36.3 Å². The van der Waals surface area contributed by atoms with Gasteiger partial charge in [0.05, 0.1) is 6.54 Å². The molecule has 1 N–H and O–H groups in total. The third kappa shape index (κ3) is 3.18. The Balaban J connectivity index is 2.16. The van der Waals surface area contributed by atoms with E-state index in [4.69, 9.17) is 0 Å². The van der Waals surface area contributed by atoms with Gasteiger partial charge in [-0.2, -0.15) is 0 Å². The third-order valence-corrected chi connectivity index (χ3v) is 3.29. The summed E-state index contributed by atoms with van der Waals surface area (Å²) in [4.78, 5) is 25.2. The molecule has 1 aromatic rings. The van der Waals surface area contributed by atoms with Gasteiger partial charge in [0.1, 0.15) is 0 Å². The topological polar surface area (TPSA) is 49.4 Å². The van der Waals surface area contributed by atoms with Gasteiger partial charge in [0.2, 0.25) is 5.91 Å². The zero-order valence-corrected chi connectivity index (χ0v) is 11.4.